The van der Waals surface area contributed by atoms with Crippen molar-refractivity contribution >= 4 is 33.2 Å². The molecule has 0 saturated carbocycles. The van der Waals surface area contributed by atoms with Crippen molar-refractivity contribution in [1.82, 2.24) is 9.62 Å². The molecular weight excluding hydrogens is 391 g/mol. The van der Waals surface area contributed by atoms with Gasteiger partial charge < -0.3 is 4.90 Å². The molecule has 0 amide bonds. The summed E-state index contributed by atoms with van der Waals surface area (Å²) in [5, 5.41) is 0.833. The molecule has 0 aliphatic carbocycles. The van der Waals surface area contributed by atoms with Crippen LogP contribution in [-0.4, -0.2) is 34.0 Å². The first-order chi connectivity index (χ1) is 12.1. The third kappa shape index (κ3) is 5.44. The minimum absolute atomic E-state index is 0.241. The van der Waals surface area contributed by atoms with Crippen LogP contribution in [0.3, 0.4) is 0 Å². The fourth-order valence-electron chi connectivity index (χ4n) is 2.59. The van der Waals surface area contributed by atoms with E-state index in [-0.39, 0.29) is 4.90 Å². The largest absolute Gasteiger partial charge is 0.307 e. The van der Waals surface area contributed by atoms with Crippen molar-refractivity contribution < 1.29 is 8.42 Å². The van der Waals surface area contributed by atoms with E-state index in [2.05, 4.69) is 18.6 Å². The number of halogens is 2. The number of rotatable bonds is 7. The molecule has 0 radical (unpaired) electrons. The van der Waals surface area contributed by atoms with Crippen molar-refractivity contribution in [3.8, 4) is 0 Å². The van der Waals surface area contributed by atoms with Gasteiger partial charge in [0.05, 0.1) is 21.0 Å². The molecule has 0 aliphatic heterocycles. The quantitative estimate of drug-likeness (QED) is 0.713. The van der Waals surface area contributed by atoms with Crippen LogP contribution in [0, 0.1) is 0 Å². The van der Waals surface area contributed by atoms with Crippen LogP contribution < -0.4 is 4.72 Å². The summed E-state index contributed by atoms with van der Waals surface area (Å²) in [7, 11) is 0.0989. The summed E-state index contributed by atoms with van der Waals surface area (Å²) in [5.74, 6) is 0.345. The lowest BCUT2D eigenvalue weighted by Gasteiger charge is -2.23. The smallest absolute Gasteiger partial charge is 0.241 e. The molecule has 1 N–H and O–H groups in total. The van der Waals surface area contributed by atoms with E-state index in [0.717, 1.165) is 11.1 Å². The zero-order chi connectivity index (χ0) is 19.5. The molecule has 0 heterocycles. The van der Waals surface area contributed by atoms with Crippen molar-refractivity contribution in [2.24, 2.45) is 0 Å². The van der Waals surface area contributed by atoms with Crippen molar-refractivity contribution in [1.29, 1.82) is 0 Å². The molecule has 0 spiro atoms. The van der Waals surface area contributed by atoms with Crippen LogP contribution in [0.15, 0.2) is 47.4 Å². The first kappa shape index (κ1) is 21.2. The molecule has 0 aromatic heterocycles. The molecule has 2 aromatic rings. The lowest BCUT2D eigenvalue weighted by molar-refractivity contribution is 0.363. The molecule has 2 aromatic carbocycles. The van der Waals surface area contributed by atoms with Gasteiger partial charge in [-0.3, -0.25) is 0 Å². The van der Waals surface area contributed by atoms with E-state index < -0.39 is 16.1 Å². The molecule has 4 nitrogen and oxygen atoms in total. The molecule has 26 heavy (non-hydrogen) atoms. The number of sulfonamides is 1. The maximum atomic E-state index is 12.8. The van der Waals surface area contributed by atoms with Crippen LogP contribution >= 0.6 is 23.2 Å². The maximum Gasteiger partial charge on any atom is 0.241 e. The van der Waals surface area contributed by atoms with Crippen molar-refractivity contribution in [2.45, 2.75) is 30.7 Å². The highest BCUT2D eigenvalue weighted by Crippen LogP contribution is 2.27. The van der Waals surface area contributed by atoms with Crippen molar-refractivity contribution in [2.75, 3.05) is 20.6 Å². The number of nitrogens with one attached hydrogen (secondary N) is 1. The first-order valence-corrected chi connectivity index (χ1v) is 10.6. The lowest BCUT2D eigenvalue weighted by atomic mass is 10.0. The molecule has 7 heteroatoms. The van der Waals surface area contributed by atoms with Gasteiger partial charge in [0.25, 0.3) is 0 Å². The second kappa shape index (κ2) is 8.72. The molecule has 0 fully saturated rings. The van der Waals surface area contributed by atoms with Gasteiger partial charge in [-0.1, -0.05) is 55.2 Å². The minimum atomic E-state index is -3.67. The Labute approximate surface area is 166 Å². The highest BCUT2D eigenvalue weighted by atomic mass is 35.5. The Bertz CT molecular complexity index is 850. The summed E-state index contributed by atoms with van der Waals surface area (Å²) < 4.78 is 28.5. The van der Waals surface area contributed by atoms with Crippen molar-refractivity contribution in [3.63, 3.8) is 0 Å². The van der Waals surface area contributed by atoms with Crippen LogP contribution in [0.4, 0.5) is 0 Å². The number of likely N-dealkylation sites (N-methyl/N-ethyl adjacent to an activating group) is 1. The summed E-state index contributed by atoms with van der Waals surface area (Å²) >= 11 is 12.1. The molecule has 1 atom stereocenters. The Hall–Kier alpha value is -1.11. The second-order valence-corrected chi connectivity index (χ2v) is 9.36. The van der Waals surface area contributed by atoms with E-state index >= 15 is 0 Å². The second-order valence-electron chi connectivity index (χ2n) is 6.83. The van der Waals surface area contributed by atoms with Gasteiger partial charge in [-0.15, -0.1) is 0 Å². The van der Waals surface area contributed by atoms with Crippen LogP contribution in [0.5, 0.6) is 0 Å². The highest BCUT2D eigenvalue weighted by Gasteiger charge is 2.22. The van der Waals surface area contributed by atoms with Gasteiger partial charge in [-0.25, -0.2) is 13.1 Å². The number of benzene rings is 2. The van der Waals surface area contributed by atoms with Crippen LogP contribution in [0.2, 0.25) is 10.0 Å². The Morgan fingerprint density at radius 3 is 2.04 bits per heavy atom. The number of hydrogen-bond acceptors (Lipinski definition) is 3. The molecule has 2 rings (SSSR count). The van der Waals surface area contributed by atoms with E-state index in [1.54, 1.807) is 30.3 Å². The summed E-state index contributed by atoms with van der Waals surface area (Å²) in [6, 6.07) is 11.7. The minimum Gasteiger partial charge on any atom is -0.307 e. The topological polar surface area (TPSA) is 49.4 Å². The van der Waals surface area contributed by atoms with Gasteiger partial charge in [0.15, 0.2) is 0 Å². The molecule has 142 valence electrons. The summed E-state index contributed by atoms with van der Waals surface area (Å²) in [5.41, 5.74) is 1.86. The summed E-state index contributed by atoms with van der Waals surface area (Å²) in [4.78, 5) is 2.16. The Morgan fingerprint density at radius 1 is 0.962 bits per heavy atom. The fraction of sp³-hybridized carbons (Fsp3) is 0.368. The van der Waals surface area contributed by atoms with Crippen LogP contribution in [0.1, 0.15) is 36.9 Å². The summed E-state index contributed by atoms with van der Waals surface area (Å²) in [6.07, 6.45) is 0. The van der Waals surface area contributed by atoms with Gasteiger partial charge in [-0.2, -0.15) is 0 Å². The highest BCUT2D eigenvalue weighted by molar-refractivity contribution is 7.89. The van der Waals surface area contributed by atoms with Gasteiger partial charge in [0.2, 0.25) is 10.0 Å². The molecule has 1 unspecified atom stereocenters. The van der Waals surface area contributed by atoms with E-state index in [1.165, 1.54) is 0 Å². The van der Waals surface area contributed by atoms with Gasteiger partial charge in [-0.05, 0) is 55.4 Å². The standard InChI is InChI=1S/C19H24Cl2N2O2S/c1-13(2)14-5-8-16(9-6-14)26(24,25)22-19(12-23(3)4)15-7-10-17(20)18(21)11-15/h5-11,13,19,22H,12H2,1-4H3. The van der Waals surface area contributed by atoms with Gasteiger partial charge in [0, 0.05) is 6.54 Å². The summed E-state index contributed by atoms with van der Waals surface area (Å²) in [6.45, 7) is 4.62. The Kier molecular flexibility index (Phi) is 7.11. The monoisotopic (exact) mass is 414 g/mol. The van der Waals surface area contributed by atoms with Crippen molar-refractivity contribution in [3.05, 3.63) is 63.6 Å². The average molecular weight is 415 g/mol. The third-order valence-corrected chi connectivity index (χ3v) is 6.27. The van der Waals surface area contributed by atoms with E-state index in [4.69, 9.17) is 23.2 Å². The van der Waals surface area contributed by atoms with E-state index in [9.17, 15) is 8.42 Å². The zero-order valence-electron chi connectivity index (χ0n) is 15.3. The SMILES string of the molecule is CC(C)c1ccc(S(=O)(=O)NC(CN(C)C)c2ccc(Cl)c(Cl)c2)cc1. The predicted octanol–water partition coefficient (Wildman–Crippen LogP) is 4.70. The normalized spacial score (nSPS) is 13.4. The molecular formula is C19H24Cl2N2O2S. The maximum absolute atomic E-state index is 12.8. The third-order valence-electron chi connectivity index (χ3n) is 4.05. The zero-order valence-corrected chi connectivity index (χ0v) is 17.7. The molecule has 0 bridgehead atoms. The predicted molar refractivity (Wildman–Crippen MR) is 109 cm³/mol. The van der Waals surface area contributed by atoms with Crippen LogP contribution in [0.25, 0.3) is 0 Å². The average Bonchev–Trinajstić information content (AvgIpc) is 2.56. The van der Waals surface area contributed by atoms with Gasteiger partial charge in [0.1, 0.15) is 0 Å². The number of nitrogens with zero attached hydrogens (tertiary/aromatic N) is 1. The Balaban J connectivity index is 2.32. The first-order valence-electron chi connectivity index (χ1n) is 8.32. The van der Waals surface area contributed by atoms with E-state index in [1.807, 2.05) is 31.1 Å². The van der Waals surface area contributed by atoms with Gasteiger partial charge >= 0.3 is 0 Å². The molecule has 0 aliphatic rings. The molecule has 0 saturated heterocycles. The Morgan fingerprint density at radius 2 is 1.54 bits per heavy atom. The lowest BCUT2D eigenvalue weighted by Crippen LogP contribution is -2.35. The van der Waals surface area contributed by atoms with Crippen LogP contribution in [-0.2, 0) is 10.0 Å². The number of hydrogen-bond donors (Lipinski definition) is 1. The fourth-order valence-corrected chi connectivity index (χ4v) is 4.11. The van der Waals surface area contributed by atoms with E-state index in [0.29, 0.717) is 22.5 Å².